The van der Waals surface area contributed by atoms with Crippen molar-refractivity contribution >= 4 is 29.3 Å². The summed E-state index contributed by atoms with van der Waals surface area (Å²) in [7, 11) is 0. The van der Waals surface area contributed by atoms with E-state index in [0.717, 1.165) is 40.4 Å². The Balaban J connectivity index is 0.000000346. The quantitative estimate of drug-likeness (QED) is 0.309. The number of aromatic nitrogens is 1. The molecule has 2 aliphatic carbocycles. The minimum Gasteiger partial charge on any atom is -0.368 e. The second-order valence-electron chi connectivity index (χ2n) is 9.91. The molecule has 4 aromatic rings. The van der Waals surface area contributed by atoms with Crippen LogP contribution in [-0.2, 0) is 12.8 Å². The average molecular weight is 527 g/mol. The van der Waals surface area contributed by atoms with E-state index in [1.807, 2.05) is 61.8 Å². The van der Waals surface area contributed by atoms with E-state index >= 15 is 0 Å². The van der Waals surface area contributed by atoms with E-state index in [9.17, 15) is 4.79 Å². The van der Waals surface area contributed by atoms with Gasteiger partial charge in [0.05, 0.1) is 10.6 Å². The lowest BCUT2D eigenvalue weighted by molar-refractivity contribution is 0.0950. The Kier molecular flexibility index (Phi) is 7.20. The Labute approximate surface area is 233 Å². The van der Waals surface area contributed by atoms with E-state index in [0.29, 0.717) is 0 Å². The number of aryl methyl sites for hydroxylation is 2. The van der Waals surface area contributed by atoms with Gasteiger partial charge in [0, 0.05) is 23.9 Å². The summed E-state index contributed by atoms with van der Waals surface area (Å²) in [6.07, 6.45) is 18.9. The molecule has 4 heteroatoms. The maximum absolute atomic E-state index is 13.6. The summed E-state index contributed by atoms with van der Waals surface area (Å²) >= 11 is 1.53. The largest absolute Gasteiger partial charge is 0.368 e. The van der Waals surface area contributed by atoms with Crippen molar-refractivity contribution in [2.24, 2.45) is 5.92 Å². The number of hydrogen-bond donors (Lipinski definition) is 1. The highest BCUT2D eigenvalue weighted by atomic mass is 32.1. The molecule has 7 rings (SSSR count). The Morgan fingerprint density at radius 1 is 0.846 bits per heavy atom. The zero-order valence-corrected chi connectivity index (χ0v) is 22.7. The SMILES string of the molecule is C1=CC=CNC=C1.Cc1nc(-c2ccccc2)sc1C(=O)C1C=c2c(ccc3c2=CCc2ccccc2-3)CC1. The van der Waals surface area contributed by atoms with Gasteiger partial charge in [-0.05, 0) is 71.0 Å². The Morgan fingerprint density at radius 2 is 1.62 bits per heavy atom. The monoisotopic (exact) mass is 526 g/mol. The van der Waals surface area contributed by atoms with E-state index in [2.05, 4.69) is 66.0 Å². The number of carbonyl (C=O) groups is 1. The first-order valence-electron chi connectivity index (χ1n) is 13.4. The molecule has 3 aromatic carbocycles. The summed E-state index contributed by atoms with van der Waals surface area (Å²) in [6.45, 7) is 1.96. The number of thiazole rings is 1. The lowest BCUT2D eigenvalue weighted by Gasteiger charge is -2.21. The van der Waals surface area contributed by atoms with Gasteiger partial charge in [0.25, 0.3) is 0 Å². The van der Waals surface area contributed by atoms with Crippen molar-refractivity contribution in [1.29, 1.82) is 0 Å². The Morgan fingerprint density at radius 3 is 2.44 bits per heavy atom. The van der Waals surface area contributed by atoms with Crippen LogP contribution in [0.3, 0.4) is 0 Å². The third kappa shape index (κ3) is 5.21. The van der Waals surface area contributed by atoms with Gasteiger partial charge in [-0.15, -0.1) is 11.3 Å². The maximum Gasteiger partial charge on any atom is 0.181 e. The van der Waals surface area contributed by atoms with Crippen LogP contribution in [0.15, 0.2) is 103 Å². The molecule has 0 saturated heterocycles. The van der Waals surface area contributed by atoms with E-state index in [1.54, 1.807) is 0 Å². The smallest absolute Gasteiger partial charge is 0.181 e. The zero-order chi connectivity index (χ0) is 26.6. The van der Waals surface area contributed by atoms with Gasteiger partial charge < -0.3 is 5.32 Å². The molecule has 3 aliphatic rings. The fourth-order valence-corrected chi connectivity index (χ4v) is 6.51. The van der Waals surface area contributed by atoms with Gasteiger partial charge in [-0.2, -0.15) is 0 Å². The van der Waals surface area contributed by atoms with Crippen molar-refractivity contribution in [3.8, 4) is 21.7 Å². The minimum atomic E-state index is -0.0951. The van der Waals surface area contributed by atoms with Crippen molar-refractivity contribution in [2.45, 2.75) is 26.2 Å². The summed E-state index contributed by atoms with van der Waals surface area (Å²) in [6, 6.07) is 23.3. The number of hydrogen-bond acceptors (Lipinski definition) is 4. The van der Waals surface area contributed by atoms with Gasteiger partial charge in [-0.25, -0.2) is 4.98 Å². The molecular weight excluding hydrogens is 496 g/mol. The standard InChI is InChI=1S/C29H23NOS.C6H7N/c1-18-28(32-29(30-18)21-8-3-2-4-9-21)27(31)22-12-11-20-14-15-24-23-10-6-5-7-19(23)13-16-25(24)26(20)17-22;1-2-4-6-7-5-3-1/h2-10,14-17,22H,11-13H2,1H3;1-7H. The number of fused-ring (bicyclic) bond motifs is 5. The highest BCUT2D eigenvalue weighted by molar-refractivity contribution is 7.17. The van der Waals surface area contributed by atoms with Crippen molar-refractivity contribution in [1.82, 2.24) is 10.3 Å². The summed E-state index contributed by atoms with van der Waals surface area (Å²) in [4.78, 5) is 19.1. The van der Waals surface area contributed by atoms with E-state index in [-0.39, 0.29) is 11.7 Å². The van der Waals surface area contributed by atoms with Gasteiger partial charge in [-0.1, -0.05) is 91.0 Å². The van der Waals surface area contributed by atoms with Crippen LogP contribution in [0.4, 0.5) is 0 Å². The third-order valence-electron chi connectivity index (χ3n) is 7.40. The Bertz CT molecular complexity index is 1730. The predicted octanol–water partition coefficient (Wildman–Crippen LogP) is 6.52. The van der Waals surface area contributed by atoms with Crippen LogP contribution in [0.2, 0.25) is 0 Å². The molecule has 0 radical (unpaired) electrons. The molecule has 1 aromatic heterocycles. The number of ketones is 1. The summed E-state index contributed by atoms with van der Waals surface area (Å²) < 4.78 is 0. The molecule has 3 nitrogen and oxygen atoms in total. The summed E-state index contributed by atoms with van der Waals surface area (Å²) in [5.74, 6) is 0.115. The highest BCUT2D eigenvalue weighted by Crippen LogP contribution is 2.31. The maximum atomic E-state index is 13.6. The normalized spacial score (nSPS) is 16.2. The second-order valence-corrected chi connectivity index (χ2v) is 10.9. The van der Waals surface area contributed by atoms with Crippen LogP contribution < -0.4 is 15.8 Å². The van der Waals surface area contributed by atoms with Gasteiger partial charge in [0.15, 0.2) is 5.78 Å². The second kappa shape index (κ2) is 11.2. The number of nitrogens with zero attached hydrogens (tertiary/aromatic N) is 1. The van der Waals surface area contributed by atoms with Gasteiger partial charge in [0.1, 0.15) is 5.01 Å². The zero-order valence-electron chi connectivity index (χ0n) is 21.9. The van der Waals surface area contributed by atoms with Gasteiger partial charge in [-0.3, -0.25) is 4.79 Å². The molecule has 1 N–H and O–H groups in total. The highest BCUT2D eigenvalue weighted by Gasteiger charge is 2.26. The predicted molar refractivity (Wildman–Crippen MR) is 163 cm³/mol. The molecule has 0 spiro atoms. The van der Waals surface area contributed by atoms with Crippen molar-refractivity contribution in [3.63, 3.8) is 0 Å². The molecular formula is C35H30N2OS. The van der Waals surface area contributed by atoms with E-state index in [4.69, 9.17) is 4.98 Å². The van der Waals surface area contributed by atoms with Crippen molar-refractivity contribution in [3.05, 3.63) is 136 Å². The number of benzene rings is 3. The number of rotatable bonds is 3. The summed E-state index contributed by atoms with van der Waals surface area (Å²) in [5, 5.41) is 6.40. The molecule has 1 aliphatic heterocycles. The topological polar surface area (TPSA) is 42.0 Å². The molecule has 2 heterocycles. The van der Waals surface area contributed by atoms with Crippen LogP contribution in [-0.4, -0.2) is 10.8 Å². The fraction of sp³-hybridized carbons (Fsp3) is 0.143. The first kappa shape index (κ1) is 25.0. The molecule has 1 unspecified atom stereocenters. The number of carbonyl (C=O) groups excluding carboxylic acids is 1. The van der Waals surface area contributed by atoms with Gasteiger partial charge in [0.2, 0.25) is 0 Å². The first-order valence-corrected chi connectivity index (χ1v) is 14.2. The Hall–Kier alpha value is -4.28. The molecule has 192 valence electrons. The van der Waals surface area contributed by atoms with E-state index < -0.39 is 0 Å². The average Bonchev–Trinajstić information content (AvgIpc) is 3.16. The third-order valence-corrected chi connectivity index (χ3v) is 8.62. The van der Waals surface area contributed by atoms with Crippen LogP contribution >= 0.6 is 11.3 Å². The fourth-order valence-electron chi connectivity index (χ4n) is 5.43. The number of nitrogens with one attached hydrogen (secondary N) is 1. The number of allylic oxidation sites excluding steroid dienone is 4. The molecule has 0 saturated carbocycles. The van der Waals surface area contributed by atoms with Crippen LogP contribution in [0.1, 0.15) is 32.9 Å². The van der Waals surface area contributed by atoms with Crippen molar-refractivity contribution in [2.75, 3.05) is 0 Å². The lowest BCUT2D eigenvalue weighted by Crippen LogP contribution is -2.37. The lowest BCUT2D eigenvalue weighted by atomic mass is 9.83. The first-order chi connectivity index (χ1) is 19.2. The summed E-state index contributed by atoms with van der Waals surface area (Å²) in [5.41, 5.74) is 7.25. The van der Waals surface area contributed by atoms with Crippen molar-refractivity contribution < 1.29 is 4.79 Å². The molecule has 0 bridgehead atoms. The molecule has 39 heavy (non-hydrogen) atoms. The van der Waals surface area contributed by atoms with Crippen LogP contribution in [0.25, 0.3) is 33.9 Å². The van der Waals surface area contributed by atoms with Gasteiger partial charge >= 0.3 is 0 Å². The number of Topliss-reactive ketones (excluding diaryl/α,β-unsaturated/α-hetero) is 1. The van der Waals surface area contributed by atoms with E-state index in [1.165, 1.54) is 44.0 Å². The molecule has 0 amide bonds. The molecule has 1 atom stereocenters. The molecule has 0 fully saturated rings. The minimum absolute atomic E-state index is 0.0951. The van der Waals surface area contributed by atoms with Crippen LogP contribution in [0, 0.1) is 12.8 Å². The van der Waals surface area contributed by atoms with Crippen LogP contribution in [0.5, 0.6) is 0 Å².